The molecule has 0 aromatic carbocycles. The van der Waals surface area contributed by atoms with Gasteiger partial charge in [-0.25, -0.2) is 14.8 Å². The van der Waals surface area contributed by atoms with Crippen molar-refractivity contribution in [2.75, 3.05) is 5.75 Å². The molecule has 5 heteroatoms. The van der Waals surface area contributed by atoms with Crippen molar-refractivity contribution in [2.24, 2.45) is 5.92 Å². The number of aryl methyl sites for hydroxylation is 1. The first kappa shape index (κ1) is 13.0. The maximum Gasteiger partial charge on any atom is 0.339 e. The number of hydrogen-bond donors (Lipinski definition) is 1. The molecule has 0 atom stereocenters. The Hall–Kier alpha value is -1.10. The molecule has 0 bridgehead atoms. The zero-order chi connectivity index (χ0) is 12.1. The van der Waals surface area contributed by atoms with E-state index in [1.165, 1.54) is 6.20 Å². The molecule has 1 N–H and O–H groups in total. The predicted molar refractivity (Wildman–Crippen MR) is 64.7 cm³/mol. The van der Waals surface area contributed by atoms with Crippen molar-refractivity contribution in [3.8, 4) is 0 Å². The van der Waals surface area contributed by atoms with Gasteiger partial charge in [0.25, 0.3) is 0 Å². The first-order valence-corrected chi connectivity index (χ1v) is 6.29. The molecule has 0 aliphatic rings. The highest BCUT2D eigenvalue weighted by Crippen LogP contribution is 2.13. The average Bonchev–Trinajstić information content (AvgIpc) is 2.16. The summed E-state index contributed by atoms with van der Waals surface area (Å²) in [5.41, 5.74) is 0.709. The molecule has 0 saturated heterocycles. The molecule has 4 nitrogen and oxygen atoms in total. The quantitative estimate of drug-likeness (QED) is 0.856. The topological polar surface area (TPSA) is 63.1 Å². The van der Waals surface area contributed by atoms with Gasteiger partial charge in [-0.2, -0.15) is 11.8 Å². The van der Waals surface area contributed by atoms with E-state index < -0.39 is 5.97 Å². The second kappa shape index (κ2) is 5.84. The minimum atomic E-state index is -0.973. The molecule has 0 radical (unpaired) electrons. The van der Waals surface area contributed by atoms with Crippen LogP contribution in [0.25, 0.3) is 0 Å². The number of thioether (sulfide) groups is 1. The fraction of sp³-hybridized carbons (Fsp3) is 0.545. The van der Waals surface area contributed by atoms with Crippen LogP contribution in [0.4, 0.5) is 0 Å². The maximum absolute atomic E-state index is 10.8. The average molecular weight is 240 g/mol. The van der Waals surface area contributed by atoms with Crippen LogP contribution in [0.15, 0.2) is 6.20 Å². The summed E-state index contributed by atoms with van der Waals surface area (Å²) in [6.45, 7) is 6.01. The summed E-state index contributed by atoms with van der Waals surface area (Å²) in [7, 11) is 0. The highest BCUT2D eigenvalue weighted by Gasteiger charge is 2.09. The van der Waals surface area contributed by atoms with E-state index in [0.717, 1.165) is 11.5 Å². The third-order valence-corrected chi connectivity index (χ3v) is 3.31. The van der Waals surface area contributed by atoms with Gasteiger partial charge >= 0.3 is 5.97 Å². The van der Waals surface area contributed by atoms with E-state index in [2.05, 4.69) is 23.8 Å². The summed E-state index contributed by atoms with van der Waals surface area (Å²) in [6, 6.07) is 0. The first-order chi connectivity index (χ1) is 7.50. The Labute approximate surface area is 99.5 Å². The molecule has 16 heavy (non-hydrogen) atoms. The lowest BCUT2D eigenvalue weighted by Crippen LogP contribution is -2.06. The van der Waals surface area contributed by atoms with Crippen LogP contribution >= 0.6 is 11.8 Å². The summed E-state index contributed by atoms with van der Waals surface area (Å²) in [5.74, 6) is 2.17. The van der Waals surface area contributed by atoms with Crippen molar-refractivity contribution in [1.29, 1.82) is 0 Å². The second-order valence-corrected chi connectivity index (χ2v) is 5.03. The van der Waals surface area contributed by atoms with Gasteiger partial charge in [0.15, 0.2) is 0 Å². The van der Waals surface area contributed by atoms with E-state index in [-0.39, 0.29) is 5.56 Å². The van der Waals surface area contributed by atoms with E-state index in [1.807, 2.05) is 0 Å². The Morgan fingerprint density at radius 1 is 1.56 bits per heavy atom. The van der Waals surface area contributed by atoms with Crippen LogP contribution in [0.2, 0.25) is 0 Å². The molecule has 1 aromatic rings. The number of carboxylic acids is 1. The lowest BCUT2D eigenvalue weighted by molar-refractivity contribution is 0.0695. The largest absolute Gasteiger partial charge is 0.478 e. The van der Waals surface area contributed by atoms with Gasteiger partial charge in [-0.3, -0.25) is 0 Å². The minimum Gasteiger partial charge on any atom is -0.478 e. The number of hydrogen-bond acceptors (Lipinski definition) is 4. The number of carbonyl (C=O) groups is 1. The monoisotopic (exact) mass is 240 g/mol. The zero-order valence-electron chi connectivity index (χ0n) is 9.73. The highest BCUT2D eigenvalue weighted by molar-refractivity contribution is 7.98. The first-order valence-electron chi connectivity index (χ1n) is 5.14. The van der Waals surface area contributed by atoms with Crippen molar-refractivity contribution in [2.45, 2.75) is 26.5 Å². The molecular weight excluding hydrogens is 224 g/mol. The van der Waals surface area contributed by atoms with Crippen LogP contribution in [0.3, 0.4) is 0 Å². The maximum atomic E-state index is 10.8. The Bertz CT molecular complexity index is 380. The van der Waals surface area contributed by atoms with Crippen molar-refractivity contribution in [1.82, 2.24) is 9.97 Å². The van der Waals surface area contributed by atoms with E-state index in [0.29, 0.717) is 17.4 Å². The molecule has 0 fully saturated rings. The number of carboxylic acid groups (broad SMARTS) is 1. The van der Waals surface area contributed by atoms with Gasteiger partial charge in [-0.15, -0.1) is 0 Å². The molecule has 0 spiro atoms. The van der Waals surface area contributed by atoms with E-state index in [1.54, 1.807) is 18.7 Å². The van der Waals surface area contributed by atoms with Gasteiger partial charge in [-0.05, 0) is 18.6 Å². The Morgan fingerprint density at radius 2 is 2.25 bits per heavy atom. The zero-order valence-corrected chi connectivity index (χ0v) is 10.5. The molecule has 0 saturated carbocycles. The summed E-state index contributed by atoms with van der Waals surface area (Å²) in [6.07, 6.45) is 1.38. The smallest absolute Gasteiger partial charge is 0.339 e. The van der Waals surface area contributed by atoms with Crippen LogP contribution in [-0.4, -0.2) is 26.8 Å². The normalized spacial score (nSPS) is 10.8. The minimum absolute atomic E-state index is 0.178. The summed E-state index contributed by atoms with van der Waals surface area (Å²) in [5, 5.41) is 8.82. The molecule has 0 unspecified atom stereocenters. The number of rotatable bonds is 5. The lowest BCUT2D eigenvalue weighted by Gasteiger charge is -2.05. The van der Waals surface area contributed by atoms with Gasteiger partial charge in [0.1, 0.15) is 5.82 Å². The van der Waals surface area contributed by atoms with Gasteiger partial charge in [0.2, 0.25) is 0 Å². The molecule has 1 rings (SSSR count). The summed E-state index contributed by atoms with van der Waals surface area (Å²) in [4.78, 5) is 19.0. The van der Waals surface area contributed by atoms with Gasteiger partial charge in [0.05, 0.1) is 17.0 Å². The van der Waals surface area contributed by atoms with E-state index >= 15 is 0 Å². The van der Waals surface area contributed by atoms with Crippen LogP contribution in [0, 0.1) is 12.8 Å². The van der Waals surface area contributed by atoms with Crippen molar-refractivity contribution in [3.63, 3.8) is 0 Å². The van der Waals surface area contributed by atoms with Crippen molar-refractivity contribution >= 4 is 17.7 Å². The molecule has 0 aliphatic heterocycles. The number of aromatic nitrogens is 2. The van der Waals surface area contributed by atoms with Crippen LogP contribution in [0.1, 0.15) is 35.7 Å². The van der Waals surface area contributed by atoms with Crippen LogP contribution in [-0.2, 0) is 5.75 Å². The summed E-state index contributed by atoms with van der Waals surface area (Å²) < 4.78 is 0. The fourth-order valence-electron chi connectivity index (χ4n) is 1.18. The lowest BCUT2D eigenvalue weighted by atomic mass is 10.2. The number of aromatic carboxylic acids is 1. The van der Waals surface area contributed by atoms with Crippen molar-refractivity contribution in [3.05, 3.63) is 23.3 Å². The van der Waals surface area contributed by atoms with Crippen molar-refractivity contribution < 1.29 is 9.90 Å². The fourth-order valence-corrected chi connectivity index (χ4v) is 2.09. The number of nitrogens with zero attached hydrogens (tertiary/aromatic N) is 2. The Balaban J connectivity index is 2.63. The molecule has 1 aromatic heterocycles. The molecule has 0 aliphatic carbocycles. The molecule has 88 valence electrons. The molecule has 1 heterocycles. The van der Waals surface area contributed by atoms with Gasteiger partial charge in [-0.1, -0.05) is 13.8 Å². The second-order valence-electron chi connectivity index (χ2n) is 4.00. The van der Waals surface area contributed by atoms with E-state index in [9.17, 15) is 4.79 Å². The third-order valence-electron chi connectivity index (χ3n) is 1.94. The molecular formula is C11H16N2O2S. The SMILES string of the molecule is Cc1nc(CSCC(C)C)ncc1C(=O)O. The summed E-state index contributed by atoms with van der Waals surface area (Å²) >= 11 is 1.76. The van der Waals surface area contributed by atoms with Crippen LogP contribution in [0.5, 0.6) is 0 Å². The Morgan fingerprint density at radius 3 is 2.75 bits per heavy atom. The highest BCUT2D eigenvalue weighted by atomic mass is 32.2. The van der Waals surface area contributed by atoms with E-state index in [4.69, 9.17) is 5.11 Å². The van der Waals surface area contributed by atoms with Crippen LogP contribution < -0.4 is 0 Å². The Kier molecular flexibility index (Phi) is 4.73. The standard InChI is InChI=1S/C11H16N2O2S/c1-7(2)5-16-6-10-12-4-9(11(14)15)8(3)13-10/h4,7H,5-6H2,1-3H3,(H,14,15). The third kappa shape index (κ3) is 3.81. The van der Waals surface area contributed by atoms with Gasteiger partial charge < -0.3 is 5.11 Å². The molecule has 0 amide bonds. The predicted octanol–water partition coefficient (Wildman–Crippen LogP) is 2.37. The van der Waals surface area contributed by atoms with Gasteiger partial charge in [0, 0.05) is 6.20 Å².